The fourth-order valence-electron chi connectivity index (χ4n) is 2.77. The van der Waals surface area contributed by atoms with Crippen LogP contribution in [0, 0.1) is 6.92 Å². The fraction of sp³-hybridized carbons (Fsp3) is 0.625. The van der Waals surface area contributed by atoms with E-state index >= 15 is 0 Å². The van der Waals surface area contributed by atoms with Crippen molar-refractivity contribution in [1.29, 1.82) is 0 Å². The summed E-state index contributed by atoms with van der Waals surface area (Å²) in [5, 5.41) is 1.50. The van der Waals surface area contributed by atoms with Gasteiger partial charge in [-0.15, -0.1) is 0 Å². The smallest absolute Gasteiger partial charge is 0.0307 e. The first-order chi connectivity index (χ1) is 9.04. The molecule has 1 heterocycles. The van der Waals surface area contributed by atoms with Gasteiger partial charge in [0.15, 0.2) is 0 Å². The van der Waals surface area contributed by atoms with Crippen molar-refractivity contribution in [3.8, 4) is 0 Å². The molecule has 106 valence electrons. The van der Waals surface area contributed by atoms with E-state index in [1.165, 1.54) is 24.2 Å². The molecule has 2 N–H and O–H groups in total. The first-order valence-electron chi connectivity index (χ1n) is 7.24. The highest BCUT2D eigenvalue weighted by molar-refractivity contribution is 8.00. The maximum Gasteiger partial charge on any atom is 0.0307 e. The third-order valence-electron chi connectivity index (χ3n) is 3.76. The van der Waals surface area contributed by atoms with Crippen molar-refractivity contribution in [2.45, 2.75) is 43.7 Å². The molecule has 0 aliphatic carbocycles. The molecule has 1 aromatic rings. The van der Waals surface area contributed by atoms with E-state index in [0.29, 0.717) is 0 Å². The predicted molar refractivity (Wildman–Crippen MR) is 85.7 cm³/mol. The van der Waals surface area contributed by atoms with Gasteiger partial charge in [-0.1, -0.05) is 43.7 Å². The van der Waals surface area contributed by atoms with E-state index in [0.717, 1.165) is 23.5 Å². The highest BCUT2D eigenvalue weighted by Gasteiger charge is 2.22. The Morgan fingerprint density at radius 1 is 1.21 bits per heavy atom. The van der Waals surface area contributed by atoms with Crippen LogP contribution >= 0.6 is 11.8 Å². The average molecular weight is 278 g/mol. The Morgan fingerprint density at radius 3 is 2.37 bits per heavy atom. The molecule has 1 aromatic carbocycles. The summed E-state index contributed by atoms with van der Waals surface area (Å²) in [4.78, 5) is 2.57. The van der Waals surface area contributed by atoms with Crippen molar-refractivity contribution >= 4 is 11.8 Å². The number of hydrogen-bond acceptors (Lipinski definition) is 3. The van der Waals surface area contributed by atoms with E-state index in [4.69, 9.17) is 5.73 Å². The van der Waals surface area contributed by atoms with E-state index in [1.54, 1.807) is 0 Å². The monoisotopic (exact) mass is 278 g/mol. The Labute approximate surface area is 121 Å². The van der Waals surface area contributed by atoms with E-state index in [-0.39, 0.29) is 6.04 Å². The van der Waals surface area contributed by atoms with Gasteiger partial charge in [-0.3, -0.25) is 0 Å². The summed E-state index contributed by atoms with van der Waals surface area (Å²) in [7, 11) is 0. The van der Waals surface area contributed by atoms with Gasteiger partial charge in [-0.2, -0.15) is 11.8 Å². The topological polar surface area (TPSA) is 29.3 Å². The molecule has 0 saturated carbocycles. The lowest BCUT2D eigenvalue weighted by atomic mass is 10.0. The summed E-state index contributed by atoms with van der Waals surface area (Å²) in [5.74, 6) is 0. The van der Waals surface area contributed by atoms with E-state index in [9.17, 15) is 0 Å². The SMILES string of the molecule is Cc1ccc(C(N)CCN2CC(C)SC(C)C2)cc1. The number of hydrogen-bond donors (Lipinski definition) is 1. The predicted octanol–water partition coefficient (Wildman–Crippen LogP) is 3.21. The van der Waals surface area contributed by atoms with Crippen LogP contribution in [0.4, 0.5) is 0 Å². The molecule has 2 nitrogen and oxygen atoms in total. The van der Waals surface area contributed by atoms with Gasteiger partial charge in [-0.25, -0.2) is 0 Å². The Hall–Kier alpha value is -0.510. The first kappa shape index (κ1) is 14.9. The molecule has 1 saturated heterocycles. The minimum Gasteiger partial charge on any atom is -0.324 e. The van der Waals surface area contributed by atoms with Gasteiger partial charge in [0.1, 0.15) is 0 Å². The molecule has 0 spiro atoms. The molecule has 1 fully saturated rings. The summed E-state index contributed by atoms with van der Waals surface area (Å²) >= 11 is 2.10. The zero-order valence-corrected chi connectivity index (χ0v) is 13.1. The molecule has 1 aliphatic rings. The molecule has 0 radical (unpaired) electrons. The molecule has 3 heteroatoms. The molecule has 0 amide bonds. The largest absolute Gasteiger partial charge is 0.324 e. The first-order valence-corrected chi connectivity index (χ1v) is 8.19. The zero-order valence-electron chi connectivity index (χ0n) is 12.3. The summed E-state index contributed by atoms with van der Waals surface area (Å²) in [6, 6.07) is 8.79. The second-order valence-corrected chi connectivity index (χ2v) is 7.70. The number of benzene rings is 1. The molecule has 19 heavy (non-hydrogen) atoms. The second-order valence-electron chi connectivity index (χ2n) is 5.82. The van der Waals surface area contributed by atoms with Crippen molar-refractivity contribution in [3.63, 3.8) is 0 Å². The van der Waals surface area contributed by atoms with E-state index < -0.39 is 0 Å². The molecule has 3 atom stereocenters. The quantitative estimate of drug-likeness (QED) is 0.917. The average Bonchev–Trinajstić information content (AvgIpc) is 2.36. The highest BCUT2D eigenvalue weighted by atomic mass is 32.2. The van der Waals surface area contributed by atoms with Crippen LogP contribution in [0.5, 0.6) is 0 Å². The van der Waals surface area contributed by atoms with Crippen molar-refractivity contribution in [1.82, 2.24) is 4.90 Å². The van der Waals surface area contributed by atoms with Crippen LogP contribution in [0.25, 0.3) is 0 Å². The Morgan fingerprint density at radius 2 is 1.79 bits per heavy atom. The van der Waals surface area contributed by atoms with Gasteiger partial charge in [0.25, 0.3) is 0 Å². The van der Waals surface area contributed by atoms with Crippen LogP contribution in [0.2, 0.25) is 0 Å². The van der Waals surface area contributed by atoms with E-state index in [2.05, 4.69) is 61.7 Å². The number of thioether (sulfide) groups is 1. The van der Waals surface area contributed by atoms with Crippen molar-refractivity contribution in [2.75, 3.05) is 19.6 Å². The Balaban J connectivity index is 1.83. The lowest BCUT2D eigenvalue weighted by Crippen LogP contribution is -2.41. The van der Waals surface area contributed by atoms with Crippen LogP contribution in [0.1, 0.15) is 37.4 Å². The summed E-state index contributed by atoms with van der Waals surface area (Å²) in [6.07, 6.45) is 1.05. The van der Waals surface area contributed by atoms with Crippen LogP contribution in [0.3, 0.4) is 0 Å². The minimum absolute atomic E-state index is 0.167. The number of nitrogens with two attached hydrogens (primary N) is 1. The molecule has 3 unspecified atom stereocenters. The van der Waals surface area contributed by atoms with Gasteiger partial charge in [0, 0.05) is 36.2 Å². The van der Waals surface area contributed by atoms with Crippen molar-refractivity contribution < 1.29 is 0 Å². The normalized spacial score (nSPS) is 26.3. The number of rotatable bonds is 4. The van der Waals surface area contributed by atoms with Gasteiger partial charge in [0.05, 0.1) is 0 Å². The fourth-order valence-corrected chi connectivity index (χ4v) is 4.16. The number of nitrogens with zero attached hydrogens (tertiary/aromatic N) is 1. The van der Waals surface area contributed by atoms with E-state index in [1.807, 2.05) is 0 Å². The zero-order chi connectivity index (χ0) is 13.8. The molecular weight excluding hydrogens is 252 g/mol. The second kappa shape index (κ2) is 6.78. The number of aryl methyl sites for hydroxylation is 1. The van der Waals surface area contributed by atoms with Crippen LogP contribution in [-0.4, -0.2) is 35.0 Å². The van der Waals surface area contributed by atoms with Crippen LogP contribution in [-0.2, 0) is 0 Å². The molecular formula is C16H26N2S. The summed E-state index contributed by atoms with van der Waals surface area (Å²) in [5.41, 5.74) is 8.86. The van der Waals surface area contributed by atoms with Gasteiger partial charge in [-0.05, 0) is 18.9 Å². The lowest BCUT2D eigenvalue weighted by molar-refractivity contribution is 0.260. The maximum absolute atomic E-state index is 6.30. The van der Waals surface area contributed by atoms with Gasteiger partial charge >= 0.3 is 0 Å². The third kappa shape index (κ3) is 4.51. The van der Waals surface area contributed by atoms with Crippen molar-refractivity contribution in [3.05, 3.63) is 35.4 Å². The van der Waals surface area contributed by atoms with Gasteiger partial charge in [0.2, 0.25) is 0 Å². The van der Waals surface area contributed by atoms with Gasteiger partial charge < -0.3 is 10.6 Å². The highest BCUT2D eigenvalue weighted by Crippen LogP contribution is 2.25. The molecule has 2 rings (SSSR count). The molecule has 0 bridgehead atoms. The third-order valence-corrected chi connectivity index (χ3v) is 4.98. The maximum atomic E-state index is 6.30. The van der Waals surface area contributed by atoms with Crippen LogP contribution < -0.4 is 5.73 Å². The Kier molecular flexibility index (Phi) is 5.31. The summed E-state index contributed by atoms with van der Waals surface area (Å²) in [6.45, 7) is 10.3. The lowest BCUT2D eigenvalue weighted by Gasteiger charge is -2.35. The summed E-state index contributed by atoms with van der Waals surface area (Å²) < 4.78 is 0. The molecule has 1 aliphatic heterocycles. The van der Waals surface area contributed by atoms with Crippen LogP contribution in [0.15, 0.2) is 24.3 Å². The Bertz CT molecular complexity index is 380. The standard InChI is InChI=1S/C16H26N2S/c1-12-4-6-15(7-5-12)16(17)8-9-18-10-13(2)19-14(3)11-18/h4-7,13-14,16H,8-11,17H2,1-3H3. The molecule has 0 aromatic heterocycles. The minimum atomic E-state index is 0.167. The van der Waals surface area contributed by atoms with Crippen molar-refractivity contribution in [2.24, 2.45) is 5.73 Å².